The highest BCUT2D eigenvalue weighted by atomic mass is 16.6. The average Bonchev–Trinajstić information content (AvgIpc) is 2.66. The van der Waals surface area contributed by atoms with E-state index in [0.29, 0.717) is 31.7 Å². The van der Waals surface area contributed by atoms with Crippen molar-refractivity contribution in [2.45, 2.75) is 51.9 Å². The smallest absolute Gasteiger partial charge is 0.343 e. The van der Waals surface area contributed by atoms with Gasteiger partial charge >= 0.3 is 5.97 Å². The molecule has 2 N–H and O–H groups in total. The molecule has 5 heteroatoms. The van der Waals surface area contributed by atoms with Crippen LogP contribution in [-0.4, -0.2) is 24.7 Å². The summed E-state index contributed by atoms with van der Waals surface area (Å²) in [5.41, 5.74) is 5.77. The lowest BCUT2D eigenvalue weighted by Crippen LogP contribution is -2.45. The monoisotopic (exact) mass is 385 g/mol. The van der Waals surface area contributed by atoms with Crippen molar-refractivity contribution in [3.63, 3.8) is 0 Å². The van der Waals surface area contributed by atoms with Crippen LogP contribution >= 0.6 is 0 Å². The molecule has 0 aliphatic heterocycles. The van der Waals surface area contributed by atoms with Crippen LogP contribution in [0.1, 0.15) is 45.2 Å². The van der Waals surface area contributed by atoms with E-state index in [1.54, 1.807) is 0 Å². The second-order valence-corrected chi connectivity index (χ2v) is 7.60. The third kappa shape index (κ3) is 5.81. The first-order valence-electron chi connectivity index (χ1n) is 9.65. The highest BCUT2D eigenvalue weighted by Crippen LogP contribution is 2.34. The van der Waals surface area contributed by atoms with E-state index in [2.05, 4.69) is 0 Å². The van der Waals surface area contributed by atoms with E-state index in [1.807, 2.05) is 82.3 Å². The van der Waals surface area contributed by atoms with Crippen molar-refractivity contribution in [3.8, 4) is 5.75 Å². The zero-order valence-electron chi connectivity index (χ0n) is 17.2. The zero-order valence-corrected chi connectivity index (χ0v) is 17.2. The molecule has 0 fully saturated rings. The summed E-state index contributed by atoms with van der Waals surface area (Å²) >= 11 is 0. The highest BCUT2D eigenvalue weighted by Gasteiger charge is 2.43. The molecular weight excluding hydrogens is 354 g/mol. The van der Waals surface area contributed by atoms with Crippen molar-refractivity contribution >= 4 is 5.97 Å². The molecule has 0 radical (unpaired) electrons. The van der Waals surface area contributed by atoms with Gasteiger partial charge in [0, 0.05) is 13.0 Å². The first-order valence-corrected chi connectivity index (χ1v) is 9.65. The van der Waals surface area contributed by atoms with Crippen LogP contribution in [0.4, 0.5) is 0 Å². The van der Waals surface area contributed by atoms with Gasteiger partial charge in [-0.25, -0.2) is 4.79 Å². The molecule has 0 bridgehead atoms. The summed E-state index contributed by atoms with van der Waals surface area (Å²) in [6.45, 7) is 8.51. The van der Waals surface area contributed by atoms with Crippen LogP contribution in [0.2, 0.25) is 0 Å². The maximum absolute atomic E-state index is 13.0. The predicted molar refractivity (Wildman–Crippen MR) is 110 cm³/mol. The summed E-state index contributed by atoms with van der Waals surface area (Å²) < 4.78 is 17.4. The van der Waals surface area contributed by atoms with Gasteiger partial charge in [-0.05, 0) is 57.5 Å². The van der Waals surface area contributed by atoms with E-state index < -0.39 is 17.2 Å². The average molecular weight is 386 g/mol. The largest absolute Gasteiger partial charge is 0.489 e. The fraction of sp³-hybridized carbons (Fsp3) is 0.435. The lowest BCUT2D eigenvalue weighted by molar-refractivity contribution is -0.186. The van der Waals surface area contributed by atoms with Gasteiger partial charge in [-0.2, -0.15) is 0 Å². The van der Waals surface area contributed by atoms with Gasteiger partial charge in [0.25, 0.3) is 0 Å². The molecule has 0 saturated carbocycles. The second kappa shape index (κ2) is 9.71. The molecule has 2 rings (SSSR count). The molecule has 152 valence electrons. The minimum absolute atomic E-state index is 0.297. The molecule has 1 atom stereocenters. The number of hydrogen-bond acceptors (Lipinski definition) is 5. The molecule has 1 unspecified atom stereocenters. The molecule has 0 heterocycles. The standard InChI is InChI=1S/C23H31NO4/c1-5-27-23(15-16-24,21(25)28-22(2,3)4)19-11-13-20(14-12-19)26-17-18-9-7-6-8-10-18/h6-14H,5,15-17,24H2,1-4H3. The van der Waals surface area contributed by atoms with Crippen molar-refractivity contribution in [2.75, 3.05) is 13.2 Å². The Morgan fingerprint density at radius 2 is 1.64 bits per heavy atom. The molecule has 28 heavy (non-hydrogen) atoms. The topological polar surface area (TPSA) is 70.8 Å². The molecule has 5 nitrogen and oxygen atoms in total. The summed E-state index contributed by atoms with van der Waals surface area (Å²) in [5.74, 6) is 0.292. The SMILES string of the molecule is CCOC(CCN)(C(=O)OC(C)(C)C)c1ccc(OCc2ccccc2)cc1. The molecule has 0 saturated heterocycles. The lowest BCUT2D eigenvalue weighted by atomic mass is 9.89. The number of rotatable bonds is 9. The van der Waals surface area contributed by atoms with Gasteiger partial charge in [0.2, 0.25) is 0 Å². The van der Waals surface area contributed by atoms with E-state index in [9.17, 15) is 4.79 Å². The van der Waals surface area contributed by atoms with Gasteiger partial charge in [0.05, 0.1) is 0 Å². The van der Waals surface area contributed by atoms with E-state index in [4.69, 9.17) is 19.9 Å². The summed E-state index contributed by atoms with van der Waals surface area (Å²) in [7, 11) is 0. The van der Waals surface area contributed by atoms with E-state index in [0.717, 1.165) is 11.3 Å². The van der Waals surface area contributed by atoms with Gasteiger partial charge < -0.3 is 19.9 Å². The Balaban J connectivity index is 2.23. The molecule has 2 aromatic rings. The quantitative estimate of drug-likeness (QED) is 0.656. The molecule has 0 aliphatic rings. The van der Waals surface area contributed by atoms with Crippen molar-refractivity contribution in [1.29, 1.82) is 0 Å². The zero-order chi connectivity index (χ0) is 20.6. The number of esters is 1. The normalized spacial score (nSPS) is 13.6. The number of nitrogens with two attached hydrogens (primary N) is 1. The summed E-state index contributed by atoms with van der Waals surface area (Å²) in [5, 5.41) is 0. The van der Waals surface area contributed by atoms with Gasteiger partial charge in [-0.3, -0.25) is 0 Å². The summed E-state index contributed by atoms with van der Waals surface area (Å²) in [6.07, 6.45) is 0.333. The molecule has 0 aliphatic carbocycles. The van der Waals surface area contributed by atoms with Gasteiger partial charge in [-0.1, -0.05) is 42.5 Å². The van der Waals surface area contributed by atoms with Crippen LogP contribution in [-0.2, 0) is 26.5 Å². The number of ether oxygens (including phenoxy) is 3. The number of carbonyl (C=O) groups excluding carboxylic acids is 1. The number of carbonyl (C=O) groups is 1. The van der Waals surface area contributed by atoms with Crippen LogP contribution in [0.5, 0.6) is 5.75 Å². The van der Waals surface area contributed by atoms with E-state index in [-0.39, 0.29) is 0 Å². The molecule has 0 aromatic heterocycles. The van der Waals surface area contributed by atoms with Crippen molar-refractivity contribution in [3.05, 3.63) is 65.7 Å². The number of benzene rings is 2. The Labute approximate surface area is 167 Å². The van der Waals surface area contributed by atoms with Gasteiger partial charge in [0.15, 0.2) is 5.60 Å². The fourth-order valence-electron chi connectivity index (χ4n) is 2.95. The van der Waals surface area contributed by atoms with Crippen LogP contribution < -0.4 is 10.5 Å². The first kappa shape index (κ1) is 21.9. The number of hydrogen-bond donors (Lipinski definition) is 1. The third-order valence-electron chi connectivity index (χ3n) is 4.18. The third-order valence-corrected chi connectivity index (χ3v) is 4.18. The molecular formula is C23H31NO4. The first-order chi connectivity index (χ1) is 13.3. The Bertz CT molecular complexity index is 729. The van der Waals surface area contributed by atoms with E-state index in [1.165, 1.54) is 0 Å². The van der Waals surface area contributed by atoms with Gasteiger partial charge in [0.1, 0.15) is 18.0 Å². The van der Waals surface area contributed by atoms with Crippen molar-refractivity contribution in [1.82, 2.24) is 0 Å². The lowest BCUT2D eigenvalue weighted by Gasteiger charge is -2.34. The van der Waals surface area contributed by atoms with Crippen LogP contribution in [0.15, 0.2) is 54.6 Å². The fourth-order valence-corrected chi connectivity index (χ4v) is 2.95. The minimum atomic E-state index is -1.23. The van der Waals surface area contributed by atoms with Crippen molar-refractivity contribution in [2.24, 2.45) is 5.73 Å². The predicted octanol–water partition coefficient (Wildman–Crippen LogP) is 4.19. The van der Waals surface area contributed by atoms with Crippen molar-refractivity contribution < 1.29 is 19.0 Å². The Morgan fingerprint density at radius 1 is 1.00 bits per heavy atom. The van der Waals surface area contributed by atoms with Crippen LogP contribution in [0, 0.1) is 0 Å². The summed E-state index contributed by atoms with van der Waals surface area (Å²) in [4.78, 5) is 13.0. The van der Waals surface area contributed by atoms with Crippen LogP contribution in [0.25, 0.3) is 0 Å². The molecule has 0 spiro atoms. The Morgan fingerprint density at radius 3 is 2.18 bits per heavy atom. The minimum Gasteiger partial charge on any atom is -0.489 e. The highest BCUT2D eigenvalue weighted by molar-refractivity contribution is 5.82. The molecule has 2 aromatic carbocycles. The molecule has 0 amide bonds. The second-order valence-electron chi connectivity index (χ2n) is 7.60. The maximum Gasteiger partial charge on any atom is 0.343 e. The van der Waals surface area contributed by atoms with E-state index >= 15 is 0 Å². The van der Waals surface area contributed by atoms with Crippen LogP contribution in [0.3, 0.4) is 0 Å². The summed E-state index contributed by atoms with van der Waals surface area (Å²) in [6, 6.07) is 17.3. The van der Waals surface area contributed by atoms with Gasteiger partial charge in [-0.15, -0.1) is 0 Å². The Hall–Kier alpha value is -2.37. The Kier molecular flexibility index (Phi) is 7.61. The maximum atomic E-state index is 13.0.